The van der Waals surface area contributed by atoms with Gasteiger partial charge in [0.15, 0.2) is 0 Å². The first-order chi connectivity index (χ1) is 17.0. The maximum atomic E-state index is 13.5. The summed E-state index contributed by atoms with van der Waals surface area (Å²) in [5.41, 5.74) is 1.16. The summed E-state index contributed by atoms with van der Waals surface area (Å²) in [5, 5.41) is 6.96. The van der Waals surface area contributed by atoms with E-state index in [0.717, 1.165) is 37.9 Å². The van der Waals surface area contributed by atoms with Gasteiger partial charge in [0, 0.05) is 48.9 Å². The number of aryl methyl sites for hydroxylation is 1. The van der Waals surface area contributed by atoms with E-state index in [4.69, 9.17) is 4.74 Å². The summed E-state index contributed by atoms with van der Waals surface area (Å²) in [5.74, 6) is 0.209. The summed E-state index contributed by atoms with van der Waals surface area (Å²) >= 11 is 1.66. The van der Waals surface area contributed by atoms with E-state index in [1.54, 1.807) is 22.8 Å². The molecule has 10 nitrogen and oxygen atoms in total. The third-order valence-corrected chi connectivity index (χ3v) is 7.05. The van der Waals surface area contributed by atoms with Crippen molar-refractivity contribution >= 4 is 40.2 Å². The molecule has 11 heteroatoms. The van der Waals surface area contributed by atoms with E-state index in [-0.39, 0.29) is 23.9 Å². The number of amides is 2. The Morgan fingerprint density at radius 2 is 2.11 bits per heavy atom. The average Bonchev–Trinajstić information content (AvgIpc) is 3.29. The molecule has 2 N–H and O–H groups in total. The van der Waals surface area contributed by atoms with Crippen LogP contribution in [0.1, 0.15) is 41.5 Å². The van der Waals surface area contributed by atoms with Gasteiger partial charge in [-0.1, -0.05) is 6.07 Å². The summed E-state index contributed by atoms with van der Waals surface area (Å²) in [6.45, 7) is 8.42. The van der Waals surface area contributed by atoms with Crippen LogP contribution in [-0.4, -0.2) is 58.1 Å². The number of ether oxygens (including phenoxy) is 1. The second-order valence-electron chi connectivity index (χ2n) is 8.57. The quantitative estimate of drug-likeness (QED) is 0.409. The number of hydrogen-bond acceptors (Lipinski definition) is 9. The van der Waals surface area contributed by atoms with Crippen LogP contribution < -0.4 is 16.2 Å². The maximum absolute atomic E-state index is 13.5. The average molecular weight is 499 g/mol. The van der Waals surface area contributed by atoms with E-state index >= 15 is 0 Å². The highest BCUT2D eigenvalue weighted by molar-refractivity contribution is 7.11. The Hall–Kier alpha value is -3.15. The van der Waals surface area contributed by atoms with Crippen LogP contribution in [0.2, 0.25) is 0 Å². The fourth-order valence-electron chi connectivity index (χ4n) is 4.28. The molecule has 0 aliphatic carbocycles. The van der Waals surface area contributed by atoms with Crippen LogP contribution in [0.25, 0.3) is 10.9 Å². The van der Waals surface area contributed by atoms with Crippen molar-refractivity contribution in [3.63, 3.8) is 0 Å². The van der Waals surface area contributed by atoms with Crippen molar-refractivity contribution in [3.05, 3.63) is 50.5 Å². The molecule has 35 heavy (non-hydrogen) atoms. The van der Waals surface area contributed by atoms with Gasteiger partial charge >= 0.3 is 0 Å². The molecule has 0 bridgehead atoms. The van der Waals surface area contributed by atoms with Gasteiger partial charge in [0.25, 0.3) is 5.56 Å². The first-order valence-corrected chi connectivity index (χ1v) is 12.5. The van der Waals surface area contributed by atoms with Crippen molar-refractivity contribution in [2.45, 2.75) is 45.8 Å². The van der Waals surface area contributed by atoms with Crippen LogP contribution in [0.4, 0.5) is 5.69 Å². The van der Waals surface area contributed by atoms with E-state index in [0.29, 0.717) is 41.8 Å². The molecule has 1 unspecified atom stereocenters. The Bertz CT molecular complexity index is 1250. The summed E-state index contributed by atoms with van der Waals surface area (Å²) in [6, 6.07) is 5.31. The summed E-state index contributed by atoms with van der Waals surface area (Å²) < 4.78 is 7.03. The first-order valence-electron chi connectivity index (χ1n) is 11.7. The second kappa shape index (κ2) is 11.5. The molecule has 1 atom stereocenters. The normalized spacial score (nSPS) is 15.1. The molecule has 2 aromatic heterocycles. The zero-order valence-electron chi connectivity index (χ0n) is 20.0. The number of nitrogens with zero attached hydrogens (tertiary/aromatic N) is 4. The highest BCUT2D eigenvalue weighted by atomic mass is 32.1. The second-order valence-corrected chi connectivity index (χ2v) is 9.77. The van der Waals surface area contributed by atoms with E-state index < -0.39 is 0 Å². The van der Waals surface area contributed by atoms with Gasteiger partial charge in [0.2, 0.25) is 12.3 Å². The molecule has 0 spiro atoms. The van der Waals surface area contributed by atoms with Gasteiger partial charge in [-0.3, -0.25) is 29.2 Å². The zero-order chi connectivity index (χ0) is 24.8. The molecule has 1 fully saturated rings. The number of fused-ring (bicyclic) bond motifs is 1. The van der Waals surface area contributed by atoms with Gasteiger partial charge < -0.3 is 10.1 Å². The largest absolute Gasteiger partial charge is 0.379 e. The summed E-state index contributed by atoms with van der Waals surface area (Å²) in [7, 11) is 0. The molecule has 0 radical (unpaired) electrons. The van der Waals surface area contributed by atoms with Crippen LogP contribution in [0.15, 0.2) is 29.2 Å². The van der Waals surface area contributed by atoms with Crippen molar-refractivity contribution in [2.24, 2.45) is 0 Å². The predicted octanol–water partition coefficient (Wildman–Crippen LogP) is 2.22. The molecule has 3 heterocycles. The standard InChI is InChI=1S/C24H30N6O4S/c1-16(6-7-21(32)27-15-31)30-17(2)28-20-5-3-4-19(23(20)24(30)33)25-13-22-26-12-18(35-22)14-29-8-10-34-11-9-29/h3-5,12,15-16,25H,6-11,13-14H2,1-2H3,(H,27,31,32). The first kappa shape index (κ1) is 25.0. The molecule has 2 amide bonds. The fraction of sp³-hybridized carbons (Fsp3) is 0.458. The SMILES string of the molecule is Cc1nc2cccc(NCc3ncc(CN4CCOCC4)s3)c2c(=O)n1C(C)CCC(=O)NC=O. The highest BCUT2D eigenvalue weighted by Gasteiger charge is 2.18. The number of imide groups is 1. The van der Waals surface area contributed by atoms with Crippen LogP contribution in [0.3, 0.4) is 0 Å². The monoisotopic (exact) mass is 498 g/mol. The number of morpholine rings is 1. The van der Waals surface area contributed by atoms with Crippen LogP contribution in [0, 0.1) is 6.92 Å². The van der Waals surface area contributed by atoms with Crippen molar-refractivity contribution in [2.75, 3.05) is 31.6 Å². The molecule has 1 aromatic carbocycles. The maximum Gasteiger partial charge on any atom is 0.263 e. The topological polar surface area (TPSA) is 118 Å². The van der Waals surface area contributed by atoms with Crippen LogP contribution >= 0.6 is 11.3 Å². The van der Waals surface area contributed by atoms with Gasteiger partial charge in [-0.05, 0) is 32.4 Å². The number of benzene rings is 1. The number of anilines is 1. The lowest BCUT2D eigenvalue weighted by Gasteiger charge is -2.25. The van der Waals surface area contributed by atoms with Gasteiger partial charge in [0.05, 0.1) is 30.7 Å². The van der Waals surface area contributed by atoms with E-state index in [9.17, 15) is 14.4 Å². The Kier molecular flexibility index (Phi) is 8.21. The number of carbonyl (C=O) groups is 2. The van der Waals surface area contributed by atoms with Crippen molar-refractivity contribution < 1.29 is 14.3 Å². The number of hydrogen-bond donors (Lipinski definition) is 2. The van der Waals surface area contributed by atoms with Crippen molar-refractivity contribution in [3.8, 4) is 0 Å². The molecule has 186 valence electrons. The lowest BCUT2D eigenvalue weighted by molar-refractivity contribution is -0.125. The Balaban J connectivity index is 1.50. The molecule has 3 aromatic rings. The molecule has 1 aliphatic rings. The van der Waals surface area contributed by atoms with E-state index in [1.807, 2.05) is 31.3 Å². The lowest BCUT2D eigenvalue weighted by atomic mass is 10.1. The van der Waals surface area contributed by atoms with Crippen molar-refractivity contribution in [1.82, 2.24) is 24.8 Å². The highest BCUT2D eigenvalue weighted by Crippen LogP contribution is 2.23. The van der Waals surface area contributed by atoms with Gasteiger partial charge in [0.1, 0.15) is 10.8 Å². The Morgan fingerprint density at radius 1 is 1.31 bits per heavy atom. The lowest BCUT2D eigenvalue weighted by Crippen LogP contribution is -2.35. The molecule has 0 saturated carbocycles. The number of aromatic nitrogens is 3. The smallest absolute Gasteiger partial charge is 0.263 e. The fourth-order valence-corrected chi connectivity index (χ4v) is 5.19. The minimum absolute atomic E-state index is 0.139. The van der Waals surface area contributed by atoms with Crippen LogP contribution in [-0.2, 0) is 27.4 Å². The van der Waals surface area contributed by atoms with Crippen molar-refractivity contribution in [1.29, 1.82) is 0 Å². The van der Waals surface area contributed by atoms with Crippen LogP contribution in [0.5, 0.6) is 0 Å². The number of carbonyl (C=O) groups excluding carboxylic acids is 2. The number of thiazole rings is 1. The molecule has 1 saturated heterocycles. The third kappa shape index (κ3) is 6.11. The number of nitrogens with one attached hydrogen (secondary N) is 2. The molecule has 4 rings (SSSR count). The minimum Gasteiger partial charge on any atom is -0.379 e. The van der Waals surface area contributed by atoms with Gasteiger partial charge in [-0.15, -0.1) is 11.3 Å². The minimum atomic E-state index is -0.370. The number of rotatable bonds is 10. The predicted molar refractivity (Wildman–Crippen MR) is 134 cm³/mol. The Labute approximate surface area is 207 Å². The Morgan fingerprint density at radius 3 is 2.89 bits per heavy atom. The van der Waals surface area contributed by atoms with Gasteiger partial charge in [-0.2, -0.15) is 0 Å². The molecule has 1 aliphatic heterocycles. The van der Waals surface area contributed by atoms with E-state index in [1.165, 1.54) is 4.88 Å². The van der Waals surface area contributed by atoms with E-state index in [2.05, 4.69) is 25.5 Å². The zero-order valence-corrected chi connectivity index (χ0v) is 20.8. The summed E-state index contributed by atoms with van der Waals surface area (Å²) in [4.78, 5) is 48.4. The summed E-state index contributed by atoms with van der Waals surface area (Å²) in [6.07, 6.45) is 2.84. The van der Waals surface area contributed by atoms with Gasteiger partial charge in [-0.25, -0.2) is 9.97 Å². The molecular weight excluding hydrogens is 468 g/mol. The molecular formula is C24H30N6O4S. The third-order valence-electron chi connectivity index (χ3n) is 6.07.